The van der Waals surface area contributed by atoms with E-state index in [1.54, 1.807) is 0 Å². The van der Waals surface area contributed by atoms with Crippen molar-refractivity contribution in [3.63, 3.8) is 0 Å². The predicted octanol–water partition coefficient (Wildman–Crippen LogP) is 1.44. The van der Waals surface area contributed by atoms with Gasteiger partial charge in [-0.05, 0) is 0 Å². The third-order valence-electron chi connectivity index (χ3n) is 2.35. The van der Waals surface area contributed by atoms with Crippen molar-refractivity contribution in [2.45, 2.75) is 6.42 Å². The molecule has 0 heterocycles. The van der Waals surface area contributed by atoms with Gasteiger partial charge in [-0.15, -0.1) is 0 Å². The number of methoxy groups -OCH3 is 2. The maximum absolute atomic E-state index is 13.7. The standard InChI is InChI=1S/C12H15FN2O5/c1-19-9-5-7(13)8(6-10(9)20-2)15-12(18)14-4-3-11(16)17/h5-6H,3-4H2,1-2H3,(H,16,17)(H2,14,15,18). The lowest BCUT2D eigenvalue weighted by molar-refractivity contribution is -0.136. The molecule has 1 aromatic rings. The zero-order valence-electron chi connectivity index (χ0n) is 11.0. The van der Waals surface area contributed by atoms with Gasteiger partial charge < -0.3 is 25.2 Å². The number of ether oxygens (including phenoxy) is 2. The molecule has 7 nitrogen and oxygen atoms in total. The maximum atomic E-state index is 13.7. The van der Waals surface area contributed by atoms with Crippen LogP contribution in [0.25, 0.3) is 0 Å². The molecule has 0 bridgehead atoms. The van der Waals surface area contributed by atoms with Crippen molar-refractivity contribution in [1.82, 2.24) is 5.32 Å². The van der Waals surface area contributed by atoms with E-state index in [0.717, 1.165) is 6.07 Å². The van der Waals surface area contributed by atoms with Crippen LogP contribution in [0.3, 0.4) is 0 Å². The summed E-state index contributed by atoms with van der Waals surface area (Å²) in [7, 11) is 2.75. The highest BCUT2D eigenvalue weighted by molar-refractivity contribution is 5.90. The Kier molecular flexibility index (Phi) is 5.57. The topological polar surface area (TPSA) is 96.9 Å². The zero-order valence-corrected chi connectivity index (χ0v) is 11.0. The Hall–Kier alpha value is -2.51. The van der Waals surface area contributed by atoms with Crippen LogP contribution in [0.4, 0.5) is 14.9 Å². The molecule has 2 amide bonds. The first-order valence-electron chi connectivity index (χ1n) is 5.66. The highest BCUT2D eigenvalue weighted by Crippen LogP contribution is 2.32. The molecular weight excluding hydrogens is 271 g/mol. The van der Waals surface area contributed by atoms with Crippen molar-refractivity contribution in [1.29, 1.82) is 0 Å². The van der Waals surface area contributed by atoms with Crippen LogP contribution in [-0.2, 0) is 4.79 Å². The maximum Gasteiger partial charge on any atom is 0.319 e. The Morgan fingerprint density at radius 2 is 1.85 bits per heavy atom. The van der Waals surface area contributed by atoms with Gasteiger partial charge in [-0.25, -0.2) is 9.18 Å². The summed E-state index contributed by atoms with van der Waals surface area (Å²) < 4.78 is 23.6. The molecule has 20 heavy (non-hydrogen) atoms. The second-order valence-corrected chi connectivity index (χ2v) is 3.71. The molecule has 110 valence electrons. The number of aliphatic carboxylic acids is 1. The highest BCUT2D eigenvalue weighted by Gasteiger charge is 2.13. The van der Waals surface area contributed by atoms with Gasteiger partial charge in [0, 0.05) is 18.7 Å². The summed E-state index contributed by atoms with van der Waals surface area (Å²) in [6.07, 6.45) is -0.220. The minimum absolute atomic E-state index is 0.0594. The van der Waals surface area contributed by atoms with Gasteiger partial charge in [-0.1, -0.05) is 0 Å². The van der Waals surface area contributed by atoms with Crippen molar-refractivity contribution < 1.29 is 28.6 Å². The van der Waals surface area contributed by atoms with Gasteiger partial charge in [0.25, 0.3) is 0 Å². The molecule has 0 aromatic heterocycles. The quantitative estimate of drug-likeness (QED) is 0.735. The molecule has 0 radical (unpaired) electrons. The molecule has 0 saturated carbocycles. The summed E-state index contributed by atoms with van der Waals surface area (Å²) in [6, 6.07) is 1.63. The first kappa shape index (κ1) is 15.5. The van der Waals surface area contributed by atoms with Crippen LogP contribution in [0, 0.1) is 5.82 Å². The minimum Gasteiger partial charge on any atom is -0.493 e. The van der Waals surface area contributed by atoms with Crippen LogP contribution in [0.5, 0.6) is 11.5 Å². The predicted molar refractivity (Wildman–Crippen MR) is 68.8 cm³/mol. The summed E-state index contributed by atoms with van der Waals surface area (Å²) >= 11 is 0. The van der Waals surface area contributed by atoms with Crippen molar-refractivity contribution in [3.8, 4) is 11.5 Å². The third kappa shape index (κ3) is 4.30. The van der Waals surface area contributed by atoms with E-state index >= 15 is 0 Å². The summed E-state index contributed by atoms with van der Waals surface area (Å²) in [5, 5.41) is 13.0. The molecule has 0 aliphatic carbocycles. The van der Waals surface area contributed by atoms with E-state index in [1.807, 2.05) is 0 Å². The molecule has 1 aromatic carbocycles. The average molecular weight is 286 g/mol. The van der Waals surface area contributed by atoms with Crippen LogP contribution >= 0.6 is 0 Å². The van der Waals surface area contributed by atoms with Gasteiger partial charge in [-0.2, -0.15) is 0 Å². The monoisotopic (exact) mass is 286 g/mol. The average Bonchev–Trinajstić information content (AvgIpc) is 2.40. The number of halogens is 1. The number of carboxylic acids is 1. The number of anilines is 1. The van der Waals surface area contributed by atoms with Crippen molar-refractivity contribution in [2.24, 2.45) is 0 Å². The summed E-state index contributed by atoms with van der Waals surface area (Å²) in [5.41, 5.74) is -0.101. The van der Waals surface area contributed by atoms with Crippen molar-refractivity contribution in [2.75, 3.05) is 26.1 Å². The number of benzene rings is 1. The SMILES string of the molecule is COc1cc(F)c(NC(=O)NCCC(=O)O)cc1OC. The first-order chi connectivity index (χ1) is 9.47. The number of hydrogen-bond donors (Lipinski definition) is 3. The van der Waals surface area contributed by atoms with E-state index in [-0.39, 0.29) is 30.2 Å². The second-order valence-electron chi connectivity index (χ2n) is 3.71. The largest absolute Gasteiger partial charge is 0.493 e. The number of carboxylic acid groups (broad SMARTS) is 1. The summed E-state index contributed by atoms with van der Waals surface area (Å²) in [6.45, 7) is -0.0594. The molecular formula is C12H15FN2O5. The number of nitrogens with one attached hydrogen (secondary N) is 2. The molecule has 0 aliphatic heterocycles. The van der Waals surface area contributed by atoms with Gasteiger partial charge in [0.2, 0.25) is 0 Å². The van der Waals surface area contributed by atoms with E-state index in [4.69, 9.17) is 14.6 Å². The molecule has 0 aliphatic rings. The van der Waals surface area contributed by atoms with Gasteiger partial charge >= 0.3 is 12.0 Å². The number of rotatable bonds is 6. The molecule has 8 heteroatoms. The third-order valence-corrected chi connectivity index (χ3v) is 2.35. The Labute approximate surface area is 114 Å². The van der Waals surface area contributed by atoms with Gasteiger partial charge in [0.05, 0.1) is 26.3 Å². The molecule has 1 rings (SSSR count). The van der Waals surface area contributed by atoms with E-state index in [9.17, 15) is 14.0 Å². The first-order valence-corrected chi connectivity index (χ1v) is 5.66. The Bertz CT molecular complexity index is 507. The number of urea groups is 1. The lowest BCUT2D eigenvalue weighted by atomic mass is 10.2. The molecule has 0 unspecified atom stereocenters. The normalized spacial score (nSPS) is 9.75. The zero-order chi connectivity index (χ0) is 15.1. The van der Waals surface area contributed by atoms with E-state index < -0.39 is 17.8 Å². The molecule has 0 atom stereocenters. The van der Waals surface area contributed by atoms with Crippen LogP contribution in [0.1, 0.15) is 6.42 Å². The van der Waals surface area contributed by atoms with E-state index in [1.165, 1.54) is 20.3 Å². The number of hydrogen-bond acceptors (Lipinski definition) is 4. The van der Waals surface area contributed by atoms with Crippen LogP contribution in [-0.4, -0.2) is 37.9 Å². The lowest BCUT2D eigenvalue weighted by Crippen LogP contribution is -2.30. The smallest absolute Gasteiger partial charge is 0.319 e. The van der Waals surface area contributed by atoms with E-state index in [2.05, 4.69) is 10.6 Å². The fourth-order valence-corrected chi connectivity index (χ4v) is 1.40. The molecule has 0 spiro atoms. The van der Waals surface area contributed by atoms with Crippen molar-refractivity contribution >= 4 is 17.7 Å². The number of carbonyl (C=O) groups excluding carboxylic acids is 1. The summed E-state index contributed by atoms with van der Waals surface area (Å²) in [4.78, 5) is 21.7. The Morgan fingerprint density at radius 3 is 2.40 bits per heavy atom. The van der Waals surface area contributed by atoms with Crippen LogP contribution in [0.2, 0.25) is 0 Å². The summed E-state index contributed by atoms with van der Waals surface area (Å²) in [5.74, 6) is -1.28. The molecule has 3 N–H and O–H groups in total. The van der Waals surface area contributed by atoms with E-state index in [0.29, 0.717) is 0 Å². The van der Waals surface area contributed by atoms with Gasteiger partial charge in [0.15, 0.2) is 17.3 Å². The van der Waals surface area contributed by atoms with Crippen LogP contribution < -0.4 is 20.1 Å². The van der Waals surface area contributed by atoms with Crippen LogP contribution in [0.15, 0.2) is 12.1 Å². The lowest BCUT2D eigenvalue weighted by Gasteiger charge is -2.12. The fraction of sp³-hybridized carbons (Fsp3) is 0.333. The minimum atomic E-state index is -1.04. The number of carbonyl (C=O) groups is 2. The molecule has 0 saturated heterocycles. The van der Waals surface area contributed by atoms with Gasteiger partial charge in [-0.3, -0.25) is 4.79 Å². The van der Waals surface area contributed by atoms with Crippen molar-refractivity contribution in [3.05, 3.63) is 17.9 Å². The molecule has 0 fully saturated rings. The fourth-order valence-electron chi connectivity index (χ4n) is 1.40. The Morgan fingerprint density at radius 1 is 1.25 bits per heavy atom. The van der Waals surface area contributed by atoms with Gasteiger partial charge in [0.1, 0.15) is 0 Å². The highest BCUT2D eigenvalue weighted by atomic mass is 19.1. The second kappa shape index (κ2) is 7.17. The number of amides is 2. The Balaban J connectivity index is 2.72.